The van der Waals surface area contributed by atoms with Crippen LogP contribution in [0.15, 0.2) is 24.3 Å². The van der Waals surface area contributed by atoms with Crippen molar-refractivity contribution in [1.29, 1.82) is 0 Å². The predicted molar refractivity (Wildman–Crippen MR) is 86.7 cm³/mol. The molecule has 1 aromatic heterocycles. The number of urea groups is 1. The van der Waals surface area contributed by atoms with E-state index in [2.05, 4.69) is 25.5 Å². The summed E-state index contributed by atoms with van der Waals surface area (Å²) < 4.78 is 42.0. The number of nitrogens with zero attached hydrogens (tertiary/aromatic N) is 3. The molecule has 1 aromatic carbocycles. The summed E-state index contributed by atoms with van der Waals surface area (Å²) in [5.41, 5.74) is 0.351. The van der Waals surface area contributed by atoms with Crippen LogP contribution >= 0.6 is 0 Å². The number of hydrogen-bond acceptors (Lipinski definition) is 4. The van der Waals surface area contributed by atoms with Gasteiger partial charge in [0, 0.05) is 18.7 Å². The molecule has 1 aliphatic rings. The van der Waals surface area contributed by atoms with Crippen LogP contribution in [0.4, 0.5) is 23.7 Å². The molecule has 0 saturated carbocycles. The van der Waals surface area contributed by atoms with E-state index < -0.39 is 12.4 Å². The molecule has 10 heteroatoms. The van der Waals surface area contributed by atoms with E-state index in [0.717, 1.165) is 43.2 Å². The molecule has 2 aromatic rings. The first kappa shape index (κ1) is 18.0. The smallest absolute Gasteiger partial charge is 0.406 e. The SMILES string of the molecule is CCc1nc2n(n1)CCCC2NC(=O)Nc1ccc(OC(F)(F)F)cc1. The van der Waals surface area contributed by atoms with E-state index >= 15 is 0 Å². The zero-order chi connectivity index (χ0) is 18.7. The Hall–Kier alpha value is -2.78. The summed E-state index contributed by atoms with van der Waals surface area (Å²) in [4.78, 5) is 16.6. The highest BCUT2D eigenvalue weighted by molar-refractivity contribution is 5.89. The molecule has 2 heterocycles. The maximum Gasteiger partial charge on any atom is 0.573 e. The van der Waals surface area contributed by atoms with E-state index in [0.29, 0.717) is 12.1 Å². The second-order valence-corrected chi connectivity index (χ2v) is 5.83. The number of alkyl halides is 3. The van der Waals surface area contributed by atoms with Crippen LogP contribution in [0.3, 0.4) is 0 Å². The molecule has 0 saturated heterocycles. The Bertz CT molecular complexity index is 773. The third-order valence-corrected chi connectivity index (χ3v) is 3.89. The Morgan fingerprint density at radius 3 is 2.73 bits per heavy atom. The summed E-state index contributed by atoms with van der Waals surface area (Å²) >= 11 is 0. The third-order valence-electron chi connectivity index (χ3n) is 3.89. The summed E-state index contributed by atoms with van der Waals surface area (Å²) in [5, 5.41) is 9.79. The minimum Gasteiger partial charge on any atom is -0.406 e. The minimum atomic E-state index is -4.75. The molecule has 0 bridgehead atoms. The third kappa shape index (κ3) is 4.44. The number of fused-ring (bicyclic) bond motifs is 1. The first-order valence-corrected chi connectivity index (χ1v) is 8.21. The number of aryl methyl sites for hydroxylation is 2. The number of ether oxygens (including phenoxy) is 1. The molecule has 2 N–H and O–H groups in total. The van der Waals surface area contributed by atoms with Crippen LogP contribution in [0.5, 0.6) is 5.75 Å². The zero-order valence-corrected chi connectivity index (χ0v) is 14.0. The number of nitrogens with one attached hydrogen (secondary N) is 2. The molecule has 0 spiro atoms. The van der Waals surface area contributed by atoms with Gasteiger partial charge in [-0.3, -0.25) is 0 Å². The van der Waals surface area contributed by atoms with Gasteiger partial charge >= 0.3 is 12.4 Å². The van der Waals surface area contributed by atoms with Gasteiger partial charge in [0.05, 0.1) is 6.04 Å². The quantitative estimate of drug-likeness (QED) is 0.866. The lowest BCUT2D eigenvalue weighted by Gasteiger charge is -2.23. The highest BCUT2D eigenvalue weighted by Gasteiger charge is 2.31. The van der Waals surface area contributed by atoms with Gasteiger partial charge in [0.2, 0.25) is 0 Å². The second-order valence-electron chi connectivity index (χ2n) is 5.83. The van der Waals surface area contributed by atoms with Crippen molar-refractivity contribution in [3.63, 3.8) is 0 Å². The Labute approximate surface area is 147 Å². The van der Waals surface area contributed by atoms with Crippen molar-refractivity contribution in [2.75, 3.05) is 5.32 Å². The molecule has 7 nitrogen and oxygen atoms in total. The highest BCUT2D eigenvalue weighted by Crippen LogP contribution is 2.25. The number of benzene rings is 1. The summed E-state index contributed by atoms with van der Waals surface area (Å²) in [6, 6.07) is 4.21. The molecule has 140 valence electrons. The fourth-order valence-corrected chi connectivity index (χ4v) is 2.75. The van der Waals surface area contributed by atoms with Gasteiger partial charge in [0.15, 0.2) is 5.82 Å². The van der Waals surface area contributed by atoms with Crippen LogP contribution in [-0.4, -0.2) is 27.2 Å². The molecular weight excluding hydrogens is 351 g/mol. The fraction of sp³-hybridized carbons (Fsp3) is 0.438. The maximum absolute atomic E-state index is 12.2. The van der Waals surface area contributed by atoms with Gasteiger partial charge in [0.25, 0.3) is 0 Å². The molecule has 0 fully saturated rings. The number of aromatic nitrogens is 3. The lowest BCUT2D eigenvalue weighted by atomic mass is 10.1. The number of amides is 2. The summed E-state index contributed by atoms with van der Waals surface area (Å²) in [6.07, 6.45) is -2.42. The zero-order valence-electron chi connectivity index (χ0n) is 14.0. The molecule has 2 amide bonds. The van der Waals surface area contributed by atoms with Crippen molar-refractivity contribution in [2.24, 2.45) is 0 Å². The van der Waals surface area contributed by atoms with Crippen LogP contribution in [0.2, 0.25) is 0 Å². The monoisotopic (exact) mass is 369 g/mol. The van der Waals surface area contributed by atoms with Crippen LogP contribution < -0.4 is 15.4 Å². The van der Waals surface area contributed by atoms with E-state index in [4.69, 9.17) is 0 Å². The molecule has 0 aliphatic carbocycles. The first-order valence-electron chi connectivity index (χ1n) is 8.21. The van der Waals surface area contributed by atoms with Gasteiger partial charge in [-0.1, -0.05) is 6.92 Å². The molecule has 1 unspecified atom stereocenters. The number of rotatable bonds is 4. The number of halogens is 3. The molecule has 0 radical (unpaired) electrons. The Kier molecular flexibility index (Phi) is 5.01. The van der Waals surface area contributed by atoms with Gasteiger partial charge in [-0.05, 0) is 37.1 Å². The van der Waals surface area contributed by atoms with Gasteiger partial charge in [-0.25, -0.2) is 14.5 Å². The summed E-state index contributed by atoms with van der Waals surface area (Å²) in [5.74, 6) is 1.10. The van der Waals surface area contributed by atoms with Crippen LogP contribution in [0, 0.1) is 0 Å². The van der Waals surface area contributed by atoms with Crippen molar-refractivity contribution in [1.82, 2.24) is 20.1 Å². The fourth-order valence-electron chi connectivity index (χ4n) is 2.75. The van der Waals surface area contributed by atoms with Gasteiger partial charge < -0.3 is 15.4 Å². The highest BCUT2D eigenvalue weighted by atomic mass is 19.4. The number of carbonyl (C=O) groups excluding carboxylic acids is 1. The Morgan fingerprint density at radius 1 is 1.35 bits per heavy atom. The molecule has 1 aliphatic heterocycles. The molecule has 26 heavy (non-hydrogen) atoms. The van der Waals surface area contributed by atoms with Crippen molar-refractivity contribution >= 4 is 11.7 Å². The number of carbonyl (C=O) groups is 1. The number of hydrogen-bond donors (Lipinski definition) is 2. The van der Waals surface area contributed by atoms with Crippen LogP contribution in [-0.2, 0) is 13.0 Å². The van der Waals surface area contributed by atoms with E-state index in [1.165, 1.54) is 12.1 Å². The van der Waals surface area contributed by atoms with Crippen molar-refractivity contribution in [3.8, 4) is 5.75 Å². The largest absolute Gasteiger partial charge is 0.573 e. The second kappa shape index (κ2) is 7.22. The average molecular weight is 369 g/mol. The van der Waals surface area contributed by atoms with Crippen molar-refractivity contribution < 1.29 is 22.7 Å². The van der Waals surface area contributed by atoms with Crippen molar-refractivity contribution in [3.05, 3.63) is 35.9 Å². The van der Waals surface area contributed by atoms with E-state index in [1.807, 2.05) is 6.92 Å². The molecule has 3 rings (SSSR count). The van der Waals surface area contributed by atoms with Gasteiger partial charge in [0.1, 0.15) is 11.6 Å². The van der Waals surface area contributed by atoms with Crippen LogP contribution in [0.1, 0.15) is 37.5 Å². The molecular formula is C16H18F3N5O2. The van der Waals surface area contributed by atoms with E-state index in [1.54, 1.807) is 4.68 Å². The lowest BCUT2D eigenvalue weighted by molar-refractivity contribution is -0.274. The normalized spacial score (nSPS) is 16.7. The van der Waals surface area contributed by atoms with Gasteiger partial charge in [-0.2, -0.15) is 5.10 Å². The van der Waals surface area contributed by atoms with Crippen LogP contribution in [0.25, 0.3) is 0 Å². The predicted octanol–water partition coefficient (Wildman–Crippen LogP) is 3.40. The molecule has 1 atom stereocenters. The first-order chi connectivity index (χ1) is 12.3. The summed E-state index contributed by atoms with van der Waals surface area (Å²) in [7, 11) is 0. The van der Waals surface area contributed by atoms with E-state index in [-0.39, 0.29) is 11.8 Å². The topological polar surface area (TPSA) is 81.1 Å². The Balaban J connectivity index is 1.60. The maximum atomic E-state index is 12.2. The van der Waals surface area contributed by atoms with Gasteiger partial charge in [-0.15, -0.1) is 13.2 Å². The lowest BCUT2D eigenvalue weighted by Crippen LogP contribution is -2.36. The Morgan fingerprint density at radius 2 is 2.08 bits per heavy atom. The van der Waals surface area contributed by atoms with E-state index in [9.17, 15) is 18.0 Å². The minimum absolute atomic E-state index is 0.260. The summed E-state index contributed by atoms with van der Waals surface area (Å²) in [6.45, 7) is 2.73. The average Bonchev–Trinajstić information content (AvgIpc) is 3.00. The number of anilines is 1. The standard InChI is InChI=1S/C16H18F3N5O2/c1-2-13-22-14-12(4-3-9-24(14)23-13)21-15(25)20-10-5-7-11(8-6-10)26-16(17,18)19/h5-8,12H,2-4,9H2,1H3,(H2,20,21,25). The van der Waals surface area contributed by atoms with Crippen molar-refractivity contribution in [2.45, 2.75) is 45.1 Å².